The van der Waals surface area contributed by atoms with Crippen molar-refractivity contribution in [2.45, 2.75) is 17.7 Å². The highest BCUT2D eigenvalue weighted by Gasteiger charge is 2.16. The lowest BCUT2D eigenvalue weighted by molar-refractivity contribution is 0.0946. The fourth-order valence-corrected chi connectivity index (χ4v) is 2.19. The third-order valence-corrected chi connectivity index (χ3v) is 3.33. The van der Waals surface area contributed by atoms with Crippen LogP contribution in [0.25, 0.3) is 0 Å². The first-order valence-corrected chi connectivity index (χ1v) is 6.46. The Balaban J connectivity index is 1.85. The van der Waals surface area contributed by atoms with E-state index in [-0.39, 0.29) is 11.5 Å². The van der Waals surface area contributed by atoms with E-state index < -0.39 is 5.82 Å². The van der Waals surface area contributed by atoms with Crippen LogP contribution in [0.3, 0.4) is 0 Å². The highest BCUT2D eigenvalue weighted by Crippen LogP contribution is 2.16. The van der Waals surface area contributed by atoms with Gasteiger partial charge in [0.25, 0.3) is 5.91 Å². The number of nitrogens with one attached hydrogen (secondary N) is 1. The SMILES string of the molecule is O=C(NCCC1CCOC1)c1cc(S)ccc1F. The smallest absolute Gasteiger partial charge is 0.254 e. The molecule has 0 saturated carbocycles. The van der Waals surface area contributed by atoms with E-state index in [4.69, 9.17) is 4.74 Å². The van der Waals surface area contributed by atoms with Gasteiger partial charge < -0.3 is 10.1 Å². The lowest BCUT2D eigenvalue weighted by Crippen LogP contribution is -2.26. The summed E-state index contributed by atoms with van der Waals surface area (Å²) in [6, 6.07) is 4.21. The molecule has 0 aliphatic carbocycles. The van der Waals surface area contributed by atoms with E-state index in [2.05, 4.69) is 17.9 Å². The molecule has 2 rings (SSSR count). The summed E-state index contributed by atoms with van der Waals surface area (Å²) in [5.74, 6) is -0.400. The van der Waals surface area contributed by atoms with Crippen molar-refractivity contribution in [3.05, 3.63) is 29.6 Å². The van der Waals surface area contributed by atoms with Crippen LogP contribution in [-0.4, -0.2) is 25.7 Å². The van der Waals surface area contributed by atoms with Crippen molar-refractivity contribution in [3.8, 4) is 0 Å². The molecule has 3 nitrogen and oxygen atoms in total. The maximum Gasteiger partial charge on any atom is 0.254 e. The molecule has 1 unspecified atom stereocenters. The summed E-state index contributed by atoms with van der Waals surface area (Å²) in [6.45, 7) is 2.11. The Bertz CT molecular complexity index is 433. The highest BCUT2D eigenvalue weighted by molar-refractivity contribution is 7.80. The summed E-state index contributed by atoms with van der Waals surface area (Å²) in [5.41, 5.74) is 0.0465. The normalized spacial score (nSPS) is 18.9. The molecule has 1 N–H and O–H groups in total. The van der Waals surface area contributed by atoms with Gasteiger partial charge in [0, 0.05) is 24.7 Å². The number of halogens is 1. The van der Waals surface area contributed by atoms with Gasteiger partial charge in [-0.25, -0.2) is 4.39 Å². The molecule has 0 aromatic heterocycles. The Morgan fingerprint density at radius 3 is 3.11 bits per heavy atom. The van der Waals surface area contributed by atoms with Gasteiger partial charge in [-0.1, -0.05) is 0 Å². The number of hydrogen-bond acceptors (Lipinski definition) is 3. The number of hydrogen-bond donors (Lipinski definition) is 2. The van der Waals surface area contributed by atoms with Gasteiger partial charge in [0.2, 0.25) is 0 Å². The predicted octanol–water partition coefficient (Wildman–Crippen LogP) is 2.27. The largest absolute Gasteiger partial charge is 0.381 e. The molecule has 5 heteroatoms. The number of benzene rings is 1. The molecule has 0 radical (unpaired) electrons. The first-order valence-electron chi connectivity index (χ1n) is 6.01. The van der Waals surface area contributed by atoms with Gasteiger partial charge in [-0.05, 0) is 37.0 Å². The third kappa shape index (κ3) is 3.46. The molecule has 1 fully saturated rings. The second kappa shape index (κ2) is 6.20. The van der Waals surface area contributed by atoms with Gasteiger partial charge in [-0.3, -0.25) is 4.79 Å². The second-order valence-electron chi connectivity index (χ2n) is 4.44. The van der Waals surface area contributed by atoms with Crippen molar-refractivity contribution in [2.24, 2.45) is 5.92 Å². The molecular weight excluding hydrogens is 253 g/mol. The molecule has 1 saturated heterocycles. The monoisotopic (exact) mass is 269 g/mol. The van der Waals surface area contributed by atoms with Crippen LogP contribution in [0.15, 0.2) is 23.1 Å². The average molecular weight is 269 g/mol. The summed E-state index contributed by atoms with van der Waals surface area (Å²) in [4.78, 5) is 12.3. The Morgan fingerprint density at radius 1 is 1.56 bits per heavy atom. The van der Waals surface area contributed by atoms with Crippen molar-refractivity contribution in [3.63, 3.8) is 0 Å². The molecule has 1 heterocycles. The van der Waals surface area contributed by atoms with Crippen LogP contribution < -0.4 is 5.32 Å². The zero-order chi connectivity index (χ0) is 13.0. The maximum absolute atomic E-state index is 13.4. The number of thiol groups is 1. The fourth-order valence-electron chi connectivity index (χ4n) is 1.98. The molecule has 98 valence electrons. The van der Waals surface area contributed by atoms with E-state index in [0.29, 0.717) is 17.4 Å². The molecule has 0 spiro atoms. The first kappa shape index (κ1) is 13.4. The van der Waals surface area contributed by atoms with Crippen LogP contribution in [-0.2, 0) is 4.74 Å². The Morgan fingerprint density at radius 2 is 2.39 bits per heavy atom. The number of amides is 1. The zero-order valence-corrected chi connectivity index (χ0v) is 10.9. The molecule has 1 aliphatic rings. The van der Waals surface area contributed by atoms with Gasteiger partial charge in [0.1, 0.15) is 5.82 Å². The van der Waals surface area contributed by atoms with Crippen molar-refractivity contribution in [2.75, 3.05) is 19.8 Å². The van der Waals surface area contributed by atoms with Crippen molar-refractivity contribution in [1.82, 2.24) is 5.32 Å². The van der Waals surface area contributed by atoms with Gasteiger partial charge in [0.05, 0.1) is 5.56 Å². The number of carbonyl (C=O) groups is 1. The van der Waals surface area contributed by atoms with E-state index in [1.807, 2.05) is 0 Å². The first-order chi connectivity index (χ1) is 8.66. The lowest BCUT2D eigenvalue weighted by Gasteiger charge is -2.09. The fraction of sp³-hybridized carbons (Fsp3) is 0.462. The molecule has 1 aliphatic heterocycles. The van der Waals surface area contributed by atoms with Crippen LogP contribution in [0.5, 0.6) is 0 Å². The Kier molecular flexibility index (Phi) is 4.60. The lowest BCUT2D eigenvalue weighted by atomic mass is 10.1. The quantitative estimate of drug-likeness (QED) is 0.823. The van der Waals surface area contributed by atoms with Gasteiger partial charge in [-0.2, -0.15) is 0 Å². The number of carbonyl (C=O) groups excluding carboxylic acids is 1. The van der Waals surface area contributed by atoms with Crippen LogP contribution in [0.4, 0.5) is 4.39 Å². The Hall–Kier alpha value is -1.07. The maximum atomic E-state index is 13.4. The standard InChI is InChI=1S/C13H16FNO2S/c14-12-2-1-10(18)7-11(12)13(16)15-5-3-9-4-6-17-8-9/h1-2,7,9,18H,3-6,8H2,(H,15,16). The van der Waals surface area contributed by atoms with Crippen LogP contribution in [0.2, 0.25) is 0 Å². The second-order valence-corrected chi connectivity index (χ2v) is 4.95. The van der Waals surface area contributed by atoms with Crippen LogP contribution >= 0.6 is 12.6 Å². The van der Waals surface area contributed by atoms with Gasteiger partial charge in [-0.15, -0.1) is 12.6 Å². The van der Waals surface area contributed by atoms with Crippen molar-refractivity contribution >= 4 is 18.5 Å². The Labute approximate surface area is 111 Å². The van der Waals surface area contributed by atoms with Crippen LogP contribution in [0, 0.1) is 11.7 Å². The highest BCUT2D eigenvalue weighted by atomic mass is 32.1. The van der Waals surface area contributed by atoms with E-state index in [1.165, 1.54) is 18.2 Å². The summed E-state index contributed by atoms with van der Waals surface area (Å²) in [5, 5.41) is 2.73. The van der Waals surface area contributed by atoms with Crippen LogP contribution in [0.1, 0.15) is 23.2 Å². The summed E-state index contributed by atoms with van der Waals surface area (Å²) < 4.78 is 18.7. The average Bonchev–Trinajstić information content (AvgIpc) is 2.85. The molecule has 1 aromatic rings. The van der Waals surface area contributed by atoms with E-state index in [9.17, 15) is 9.18 Å². The summed E-state index contributed by atoms with van der Waals surface area (Å²) in [7, 11) is 0. The number of ether oxygens (including phenoxy) is 1. The van der Waals surface area contributed by atoms with E-state index >= 15 is 0 Å². The predicted molar refractivity (Wildman–Crippen MR) is 69.5 cm³/mol. The summed E-state index contributed by atoms with van der Waals surface area (Å²) >= 11 is 4.09. The molecule has 1 atom stereocenters. The summed E-state index contributed by atoms with van der Waals surface area (Å²) in [6.07, 6.45) is 1.91. The van der Waals surface area contributed by atoms with Gasteiger partial charge >= 0.3 is 0 Å². The minimum atomic E-state index is -0.519. The van der Waals surface area contributed by atoms with E-state index in [0.717, 1.165) is 26.1 Å². The molecule has 0 bridgehead atoms. The molecular formula is C13H16FNO2S. The zero-order valence-electron chi connectivity index (χ0n) is 9.99. The molecule has 1 amide bonds. The van der Waals surface area contributed by atoms with Crippen molar-refractivity contribution in [1.29, 1.82) is 0 Å². The van der Waals surface area contributed by atoms with Crippen molar-refractivity contribution < 1.29 is 13.9 Å². The minimum Gasteiger partial charge on any atom is -0.381 e. The van der Waals surface area contributed by atoms with Gasteiger partial charge in [0.15, 0.2) is 0 Å². The number of rotatable bonds is 4. The molecule has 18 heavy (non-hydrogen) atoms. The van der Waals surface area contributed by atoms with E-state index in [1.54, 1.807) is 0 Å². The third-order valence-electron chi connectivity index (χ3n) is 3.06. The molecule has 1 aromatic carbocycles. The topological polar surface area (TPSA) is 38.3 Å². The minimum absolute atomic E-state index is 0.0465.